The van der Waals surface area contributed by atoms with Crippen molar-refractivity contribution in [1.82, 2.24) is 20.3 Å². The third-order valence-electron chi connectivity index (χ3n) is 5.90. The van der Waals surface area contributed by atoms with Gasteiger partial charge in [0, 0.05) is 37.9 Å². The first-order valence-corrected chi connectivity index (χ1v) is 12.3. The van der Waals surface area contributed by atoms with Crippen molar-refractivity contribution >= 4 is 22.4 Å². The Morgan fingerprint density at radius 1 is 1.00 bits per heavy atom. The van der Waals surface area contributed by atoms with Gasteiger partial charge in [-0.3, -0.25) is 0 Å². The van der Waals surface area contributed by atoms with Crippen molar-refractivity contribution in [2.45, 2.75) is 13.0 Å². The molecule has 3 heterocycles. The number of rotatable bonds is 7. The van der Waals surface area contributed by atoms with Gasteiger partial charge in [-0.1, -0.05) is 41.7 Å². The van der Waals surface area contributed by atoms with Crippen molar-refractivity contribution in [2.24, 2.45) is 0 Å². The molecule has 2 aromatic carbocycles. The minimum Gasteiger partial charge on any atom is -0.497 e. The lowest BCUT2D eigenvalue weighted by molar-refractivity contribution is 0.415. The number of nitrogens with one attached hydrogen (secondary N) is 2. The second kappa shape index (κ2) is 10.2. The molecule has 8 heteroatoms. The van der Waals surface area contributed by atoms with Gasteiger partial charge in [0.2, 0.25) is 5.95 Å². The molecule has 1 unspecified atom stereocenters. The SMILES string of the molecule is COc1ccc(-c2nc(N3CCNCC3)sc2-c2ccnc(NC(C)c3ccccc3)n2)cc1. The molecule has 1 aliphatic heterocycles. The normalized spacial score (nSPS) is 14.6. The molecule has 0 spiro atoms. The number of methoxy groups -OCH3 is 1. The van der Waals surface area contributed by atoms with Crippen LogP contribution in [0, 0.1) is 0 Å². The van der Waals surface area contributed by atoms with Crippen LogP contribution in [0.5, 0.6) is 5.75 Å². The minimum atomic E-state index is 0.0929. The van der Waals surface area contributed by atoms with E-state index in [2.05, 4.69) is 51.7 Å². The maximum absolute atomic E-state index is 5.35. The van der Waals surface area contributed by atoms with Gasteiger partial charge in [0.15, 0.2) is 5.13 Å². The van der Waals surface area contributed by atoms with Gasteiger partial charge >= 0.3 is 0 Å². The second-order valence-corrected chi connectivity index (χ2v) is 9.16. The van der Waals surface area contributed by atoms with Crippen LogP contribution in [0.25, 0.3) is 21.8 Å². The van der Waals surface area contributed by atoms with Crippen LogP contribution >= 0.6 is 11.3 Å². The van der Waals surface area contributed by atoms with E-state index in [1.807, 2.05) is 42.6 Å². The lowest BCUT2D eigenvalue weighted by atomic mass is 10.1. The van der Waals surface area contributed by atoms with E-state index in [9.17, 15) is 0 Å². The molecule has 1 aliphatic rings. The first-order valence-electron chi connectivity index (χ1n) is 11.5. The summed E-state index contributed by atoms with van der Waals surface area (Å²) in [5, 5.41) is 7.87. The summed E-state index contributed by atoms with van der Waals surface area (Å²) in [5.74, 6) is 1.43. The van der Waals surface area contributed by atoms with Crippen molar-refractivity contribution < 1.29 is 4.74 Å². The smallest absolute Gasteiger partial charge is 0.223 e. The Morgan fingerprint density at radius 3 is 2.50 bits per heavy atom. The lowest BCUT2D eigenvalue weighted by Crippen LogP contribution is -2.43. The molecule has 1 saturated heterocycles. The molecule has 0 amide bonds. The number of aromatic nitrogens is 3. The van der Waals surface area contributed by atoms with Gasteiger partial charge < -0.3 is 20.3 Å². The molecule has 2 aromatic heterocycles. The molecule has 4 aromatic rings. The molecule has 7 nitrogen and oxygen atoms in total. The molecule has 34 heavy (non-hydrogen) atoms. The van der Waals surface area contributed by atoms with E-state index < -0.39 is 0 Å². The number of nitrogens with zero attached hydrogens (tertiary/aromatic N) is 4. The Labute approximate surface area is 203 Å². The zero-order chi connectivity index (χ0) is 23.3. The summed E-state index contributed by atoms with van der Waals surface area (Å²) >= 11 is 1.69. The average Bonchev–Trinajstić information content (AvgIpc) is 3.36. The van der Waals surface area contributed by atoms with E-state index in [0.29, 0.717) is 5.95 Å². The number of hydrogen-bond acceptors (Lipinski definition) is 8. The van der Waals surface area contributed by atoms with Crippen LogP contribution in [0.2, 0.25) is 0 Å². The third kappa shape index (κ3) is 4.88. The summed E-state index contributed by atoms with van der Waals surface area (Å²) < 4.78 is 5.35. The zero-order valence-corrected chi connectivity index (χ0v) is 20.2. The Bertz CT molecular complexity index is 1220. The fourth-order valence-corrected chi connectivity index (χ4v) is 5.10. The summed E-state index contributed by atoms with van der Waals surface area (Å²) in [6.07, 6.45) is 1.81. The topological polar surface area (TPSA) is 75.2 Å². The van der Waals surface area contributed by atoms with E-state index in [-0.39, 0.29) is 6.04 Å². The molecule has 174 valence electrons. The number of piperazine rings is 1. The number of thiazole rings is 1. The maximum Gasteiger partial charge on any atom is 0.223 e. The van der Waals surface area contributed by atoms with E-state index in [1.54, 1.807) is 18.4 Å². The number of anilines is 2. The largest absolute Gasteiger partial charge is 0.497 e. The highest BCUT2D eigenvalue weighted by molar-refractivity contribution is 7.19. The Morgan fingerprint density at radius 2 is 1.76 bits per heavy atom. The van der Waals surface area contributed by atoms with Crippen LogP contribution < -0.4 is 20.3 Å². The van der Waals surface area contributed by atoms with Gasteiger partial charge in [-0.2, -0.15) is 0 Å². The van der Waals surface area contributed by atoms with E-state index in [4.69, 9.17) is 14.7 Å². The minimum absolute atomic E-state index is 0.0929. The van der Waals surface area contributed by atoms with Crippen LogP contribution in [-0.2, 0) is 0 Å². The summed E-state index contributed by atoms with van der Waals surface area (Å²) in [5.41, 5.74) is 4.03. The first kappa shape index (κ1) is 22.3. The van der Waals surface area contributed by atoms with E-state index in [0.717, 1.165) is 58.9 Å². The molecule has 0 bridgehead atoms. The van der Waals surface area contributed by atoms with Crippen LogP contribution in [0.15, 0.2) is 66.9 Å². The van der Waals surface area contributed by atoms with Crippen molar-refractivity contribution in [3.05, 3.63) is 72.4 Å². The van der Waals surface area contributed by atoms with Crippen LogP contribution in [0.3, 0.4) is 0 Å². The molecular weight excluding hydrogens is 444 g/mol. The summed E-state index contributed by atoms with van der Waals surface area (Å²) in [6, 6.07) is 20.4. The van der Waals surface area contributed by atoms with Crippen molar-refractivity contribution in [2.75, 3.05) is 43.5 Å². The third-order valence-corrected chi connectivity index (χ3v) is 7.04. The highest BCUT2D eigenvalue weighted by Crippen LogP contribution is 2.40. The van der Waals surface area contributed by atoms with E-state index in [1.165, 1.54) is 5.56 Å². The Hall–Kier alpha value is -3.49. The van der Waals surface area contributed by atoms with Crippen LogP contribution in [-0.4, -0.2) is 48.2 Å². The predicted molar refractivity (Wildman–Crippen MR) is 139 cm³/mol. The standard InChI is InChI=1S/C26H28N6OS/c1-18(19-6-4-3-5-7-19)29-25-28-13-12-22(30-25)24-23(20-8-10-21(33-2)11-9-20)31-26(34-24)32-16-14-27-15-17-32/h3-13,18,27H,14-17H2,1-2H3,(H,28,29,30). The van der Waals surface area contributed by atoms with E-state index >= 15 is 0 Å². The van der Waals surface area contributed by atoms with Crippen LogP contribution in [0.1, 0.15) is 18.5 Å². The predicted octanol–water partition coefficient (Wildman–Crippen LogP) is 4.86. The van der Waals surface area contributed by atoms with Gasteiger partial charge in [0.05, 0.1) is 29.4 Å². The number of benzene rings is 2. The molecule has 1 fully saturated rings. The monoisotopic (exact) mass is 472 g/mol. The molecular formula is C26H28N6OS. The molecule has 2 N–H and O–H groups in total. The second-order valence-electron chi connectivity index (χ2n) is 8.18. The number of hydrogen-bond donors (Lipinski definition) is 2. The summed E-state index contributed by atoms with van der Waals surface area (Å²) in [4.78, 5) is 17.8. The van der Waals surface area contributed by atoms with Crippen LogP contribution in [0.4, 0.5) is 11.1 Å². The maximum atomic E-state index is 5.35. The Kier molecular flexibility index (Phi) is 6.69. The average molecular weight is 473 g/mol. The van der Waals surface area contributed by atoms with Gasteiger partial charge in [-0.25, -0.2) is 15.0 Å². The van der Waals surface area contributed by atoms with Gasteiger partial charge in [-0.15, -0.1) is 0 Å². The highest BCUT2D eigenvalue weighted by atomic mass is 32.1. The summed E-state index contributed by atoms with van der Waals surface area (Å²) in [6.45, 7) is 5.93. The van der Waals surface area contributed by atoms with Gasteiger partial charge in [0.1, 0.15) is 5.75 Å². The fourth-order valence-electron chi connectivity index (χ4n) is 3.99. The molecule has 0 radical (unpaired) electrons. The Balaban J connectivity index is 1.50. The van der Waals surface area contributed by atoms with Crippen molar-refractivity contribution in [3.63, 3.8) is 0 Å². The van der Waals surface area contributed by atoms with Gasteiger partial charge in [-0.05, 0) is 42.8 Å². The first-order chi connectivity index (χ1) is 16.7. The molecule has 0 saturated carbocycles. The lowest BCUT2D eigenvalue weighted by Gasteiger charge is -2.26. The fraction of sp³-hybridized carbons (Fsp3) is 0.269. The van der Waals surface area contributed by atoms with Crippen molar-refractivity contribution in [1.29, 1.82) is 0 Å². The van der Waals surface area contributed by atoms with Crippen molar-refractivity contribution in [3.8, 4) is 27.6 Å². The highest BCUT2D eigenvalue weighted by Gasteiger charge is 2.21. The van der Waals surface area contributed by atoms with Gasteiger partial charge in [0.25, 0.3) is 0 Å². The molecule has 5 rings (SSSR count). The molecule has 1 atom stereocenters. The molecule has 0 aliphatic carbocycles. The summed E-state index contributed by atoms with van der Waals surface area (Å²) in [7, 11) is 1.68. The zero-order valence-electron chi connectivity index (χ0n) is 19.4. The number of ether oxygens (including phenoxy) is 1. The quantitative estimate of drug-likeness (QED) is 0.398.